The van der Waals surface area contributed by atoms with E-state index < -0.39 is 0 Å². The molecule has 2 heterocycles. The highest BCUT2D eigenvalue weighted by atomic mass is 32.1. The molecule has 0 saturated carbocycles. The van der Waals surface area contributed by atoms with Crippen molar-refractivity contribution >= 4 is 28.2 Å². The summed E-state index contributed by atoms with van der Waals surface area (Å²) in [4.78, 5) is 16.0. The fourth-order valence-electron chi connectivity index (χ4n) is 2.03. The molecule has 0 fully saturated rings. The molecule has 0 atom stereocenters. The smallest absolute Gasteiger partial charge is 0.325 e. The van der Waals surface area contributed by atoms with Crippen LogP contribution < -0.4 is 15.4 Å². The van der Waals surface area contributed by atoms with Crippen LogP contribution >= 0.6 is 11.3 Å². The number of ether oxygens (including phenoxy) is 1. The van der Waals surface area contributed by atoms with E-state index in [1.165, 1.54) is 11.3 Å². The summed E-state index contributed by atoms with van der Waals surface area (Å²) < 4.78 is 5.57. The minimum atomic E-state index is -0.380. The third kappa shape index (κ3) is 4.74. The molecule has 2 amide bonds. The van der Waals surface area contributed by atoms with Gasteiger partial charge in [0.2, 0.25) is 5.13 Å². The molecule has 0 spiro atoms. The number of carbonyl (C=O) groups is 1. The van der Waals surface area contributed by atoms with Crippen LogP contribution in [0.4, 0.5) is 15.6 Å². The molecule has 0 aliphatic heterocycles. The largest absolute Gasteiger partial charge is 0.491 e. The molecule has 1 aromatic carbocycles. The fourth-order valence-corrected chi connectivity index (χ4v) is 2.78. The van der Waals surface area contributed by atoms with Gasteiger partial charge in [-0.25, -0.2) is 4.79 Å². The van der Waals surface area contributed by atoms with E-state index in [1.54, 1.807) is 24.5 Å². The normalized spacial score (nSPS) is 10.5. The molecule has 3 rings (SSSR count). The Hall–Kier alpha value is -3.00. The number of anilines is 2. The van der Waals surface area contributed by atoms with Crippen LogP contribution in [0.3, 0.4) is 0 Å². The highest BCUT2D eigenvalue weighted by Gasteiger charge is 2.10. The van der Waals surface area contributed by atoms with Gasteiger partial charge in [-0.1, -0.05) is 11.3 Å². The number of pyridine rings is 1. The Kier molecular flexibility index (Phi) is 5.20. The molecular weight excluding hydrogens is 338 g/mol. The highest BCUT2D eigenvalue weighted by Crippen LogP contribution is 2.25. The van der Waals surface area contributed by atoms with Crippen LogP contribution in [0.25, 0.3) is 10.6 Å². The first-order valence-electron chi connectivity index (χ1n) is 7.69. The van der Waals surface area contributed by atoms with Gasteiger partial charge in [0.1, 0.15) is 10.8 Å². The SMILES string of the molecule is CC(C)Oc1ccc(NC(=O)Nc2nnc(-c3ccncc3)s2)cc1. The first-order chi connectivity index (χ1) is 12.1. The second-order valence-corrected chi connectivity index (χ2v) is 6.40. The first kappa shape index (κ1) is 16.8. The van der Waals surface area contributed by atoms with Crippen molar-refractivity contribution in [2.24, 2.45) is 0 Å². The number of nitrogens with zero attached hydrogens (tertiary/aromatic N) is 3. The lowest BCUT2D eigenvalue weighted by molar-refractivity contribution is 0.242. The van der Waals surface area contributed by atoms with Crippen LogP contribution in [0, 0.1) is 0 Å². The summed E-state index contributed by atoms with van der Waals surface area (Å²) >= 11 is 1.29. The predicted molar refractivity (Wildman–Crippen MR) is 98.0 cm³/mol. The van der Waals surface area contributed by atoms with Crippen LogP contribution in [0.15, 0.2) is 48.8 Å². The van der Waals surface area contributed by atoms with Gasteiger partial charge in [0.05, 0.1) is 6.10 Å². The number of benzene rings is 1. The van der Waals surface area contributed by atoms with Crippen molar-refractivity contribution in [3.8, 4) is 16.3 Å². The molecule has 0 unspecified atom stereocenters. The quantitative estimate of drug-likeness (QED) is 0.721. The molecule has 0 radical (unpaired) electrons. The maximum absolute atomic E-state index is 12.1. The minimum Gasteiger partial charge on any atom is -0.491 e. The van der Waals surface area contributed by atoms with E-state index in [2.05, 4.69) is 25.8 Å². The number of carbonyl (C=O) groups excluding carboxylic acids is 1. The Balaban J connectivity index is 1.58. The van der Waals surface area contributed by atoms with Gasteiger partial charge in [-0.2, -0.15) is 0 Å². The summed E-state index contributed by atoms with van der Waals surface area (Å²) in [6, 6.07) is 10.5. The minimum absolute atomic E-state index is 0.106. The third-order valence-electron chi connectivity index (χ3n) is 3.06. The van der Waals surface area contributed by atoms with E-state index in [4.69, 9.17) is 4.74 Å². The summed E-state index contributed by atoms with van der Waals surface area (Å²) in [6.45, 7) is 3.92. The zero-order chi connectivity index (χ0) is 17.6. The molecule has 2 aromatic heterocycles. The lowest BCUT2D eigenvalue weighted by Crippen LogP contribution is -2.19. The Morgan fingerprint density at radius 3 is 2.44 bits per heavy atom. The fraction of sp³-hybridized carbons (Fsp3) is 0.176. The molecule has 0 bridgehead atoms. The number of rotatable bonds is 5. The van der Waals surface area contributed by atoms with Crippen molar-refractivity contribution in [3.63, 3.8) is 0 Å². The molecule has 7 nitrogen and oxygen atoms in total. The second kappa shape index (κ2) is 7.71. The number of amides is 2. The highest BCUT2D eigenvalue weighted by molar-refractivity contribution is 7.18. The Labute approximate surface area is 149 Å². The van der Waals surface area contributed by atoms with E-state index in [9.17, 15) is 4.79 Å². The summed E-state index contributed by atoms with van der Waals surface area (Å²) in [6.07, 6.45) is 3.47. The standard InChI is InChI=1S/C17H17N5O2S/c1-11(2)24-14-5-3-13(4-6-14)19-16(23)20-17-22-21-15(25-17)12-7-9-18-10-8-12/h3-11H,1-2H3,(H2,19,20,22,23). The van der Waals surface area contributed by atoms with Gasteiger partial charge in [-0.15, -0.1) is 10.2 Å². The number of hydrogen-bond acceptors (Lipinski definition) is 6. The zero-order valence-corrected chi connectivity index (χ0v) is 14.6. The summed E-state index contributed by atoms with van der Waals surface area (Å²) in [5.74, 6) is 0.757. The molecule has 0 saturated heterocycles. The van der Waals surface area contributed by atoms with Crippen molar-refractivity contribution in [2.45, 2.75) is 20.0 Å². The second-order valence-electron chi connectivity index (χ2n) is 5.42. The first-order valence-corrected chi connectivity index (χ1v) is 8.50. The van der Waals surface area contributed by atoms with Crippen molar-refractivity contribution in [2.75, 3.05) is 10.6 Å². The van der Waals surface area contributed by atoms with Crippen LogP contribution in [-0.2, 0) is 0 Å². The Morgan fingerprint density at radius 2 is 1.76 bits per heavy atom. The van der Waals surface area contributed by atoms with Gasteiger partial charge in [-0.3, -0.25) is 10.3 Å². The molecule has 8 heteroatoms. The van der Waals surface area contributed by atoms with Crippen LogP contribution in [0.1, 0.15) is 13.8 Å². The molecule has 25 heavy (non-hydrogen) atoms. The van der Waals surface area contributed by atoms with E-state index >= 15 is 0 Å². The van der Waals surface area contributed by atoms with Gasteiger partial charge in [0.15, 0.2) is 0 Å². The van der Waals surface area contributed by atoms with Crippen LogP contribution in [0.5, 0.6) is 5.75 Å². The summed E-state index contributed by atoms with van der Waals surface area (Å²) in [7, 11) is 0. The summed E-state index contributed by atoms with van der Waals surface area (Å²) in [5.41, 5.74) is 1.56. The van der Waals surface area contributed by atoms with E-state index in [0.29, 0.717) is 15.8 Å². The van der Waals surface area contributed by atoms with E-state index in [0.717, 1.165) is 11.3 Å². The van der Waals surface area contributed by atoms with E-state index in [-0.39, 0.29) is 12.1 Å². The number of nitrogens with one attached hydrogen (secondary N) is 2. The zero-order valence-electron chi connectivity index (χ0n) is 13.8. The lowest BCUT2D eigenvalue weighted by atomic mass is 10.3. The van der Waals surface area contributed by atoms with Gasteiger partial charge >= 0.3 is 6.03 Å². The molecule has 2 N–H and O–H groups in total. The Morgan fingerprint density at radius 1 is 1.04 bits per heavy atom. The Bertz CT molecular complexity index is 834. The number of aromatic nitrogens is 3. The molecule has 3 aromatic rings. The van der Waals surface area contributed by atoms with Crippen LogP contribution in [-0.4, -0.2) is 27.3 Å². The summed E-state index contributed by atoms with van der Waals surface area (Å²) in [5, 5.41) is 14.6. The average molecular weight is 355 g/mol. The van der Waals surface area contributed by atoms with Crippen molar-refractivity contribution in [3.05, 3.63) is 48.8 Å². The van der Waals surface area contributed by atoms with E-state index in [1.807, 2.05) is 38.1 Å². The monoisotopic (exact) mass is 355 g/mol. The van der Waals surface area contributed by atoms with Gasteiger partial charge in [-0.05, 0) is 50.2 Å². The molecule has 128 valence electrons. The molecular formula is C17H17N5O2S. The van der Waals surface area contributed by atoms with Crippen molar-refractivity contribution in [1.29, 1.82) is 0 Å². The predicted octanol–water partition coefficient (Wildman–Crippen LogP) is 4.03. The maximum Gasteiger partial charge on any atom is 0.325 e. The van der Waals surface area contributed by atoms with Gasteiger partial charge in [0.25, 0.3) is 0 Å². The third-order valence-corrected chi connectivity index (χ3v) is 3.94. The topological polar surface area (TPSA) is 89.0 Å². The average Bonchev–Trinajstić information content (AvgIpc) is 3.05. The lowest BCUT2D eigenvalue weighted by Gasteiger charge is -2.10. The van der Waals surface area contributed by atoms with Gasteiger partial charge in [0, 0.05) is 23.6 Å². The van der Waals surface area contributed by atoms with Gasteiger partial charge < -0.3 is 10.1 Å². The molecule has 0 aliphatic carbocycles. The van der Waals surface area contributed by atoms with Crippen molar-refractivity contribution < 1.29 is 9.53 Å². The van der Waals surface area contributed by atoms with Crippen LogP contribution in [0.2, 0.25) is 0 Å². The molecule has 0 aliphatic rings. The van der Waals surface area contributed by atoms with Crippen molar-refractivity contribution in [1.82, 2.24) is 15.2 Å². The number of hydrogen-bond donors (Lipinski definition) is 2. The number of urea groups is 1. The maximum atomic E-state index is 12.1.